The van der Waals surface area contributed by atoms with Crippen molar-refractivity contribution in [2.24, 2.45) is 5.73 Å². The number of alkyl halides is 2. The second kappa shape index (κ2) is 7.72. The van der Waals surface area contributed by atoms with Gasteiger partial charge in [0.05, 0.1) is 25.6 Å². The highest BCUT2D eigenvalue weighted by Crippen LogP contribution is 2.38. The molecule has 2 rings (SSSR count). The number of halogens is 2. The summed E-state index contributed by atoms with van der Waals surface area (Å²) in [4.78, 5) is 46.7. The molecule has 2 aliphatic rings. The summed E-state index contributed by atoms with van der Waals surface area (Å²) >= 11 is 0. The Bertz CT molecular complexity index is 647. The number of ether oxygens (including phenoxy) is 4. The zero-order chi connectivity index (χ0) is 20.5. The number of esters is 3. The number of nitrogens with one attached hydrogen (secondary N) is 1. The average molecular weight is 394 g/mol. The summed E-state index contributed by atoms with van der Waals surface area (Å²) in [6.45, 7) is 2.06. The van der Waals surface area contributed by atoms with E-state index in [9.17, 15) is 28.0 Å². The maximum absolute atomic E-state index is 15.0. The number of carbonyl (C=O) groups is 4. The fourth-order valence-corrected chi connectivity index (χ4v) is 3.15. The van der Waals surface area contributed by atoms with Gasteiger partial charge in [-0.25, -0.2) is 9.18 Å². The first-order valence-electron chi connectivity index (χ1n) is 7.99. The van der Waals surface area contributed by atoms with Gasteiger partial charge in [-0.1, -0.05) is 0 Å². The van der Waals surface area contributed by atoms with Gasteiger partial charge in [-0.2, -0.15) is 4.39 Å². The smallest absolute Gasteiger partial charge is 0.375 e. The van der Waals surface area contributed by atoms with Crippen LogP contribution in [0.3, 0.4) is 0 Å². The summed E-state index contributed by atoms with van der Waals surface area (Å²) in [6, 6.07) is -3.11. The van der Waals surface area contributed by atoms with E-state index < -0.39 is 72.7 Å². The molecule has 152 valence electrons. The van der Waals surface area contributed by atoms with Gasteiger partial charge >= 0.3 is 23.8 Å². The van der Waals surface area contributed by atoms with Crippen LogP contribution in [0.4, 0.5) is 8.78 Å². The maximum Gasteiger partial charge on any atom is 0.375 e. The second-order valence-corrected chi connectivity index (χ2v) is 6.22. The average Bonchev–Trinajstić information content (AvgIpc) is 2.69. The quantitative estimate of drug-likeness (QED) is 0.438. The number of carbonyl (C=O) groups excluding carboxylic acids is 4. The number of fused-ring (bicyclic) bond motifs is 1. The molecule has 0 saturated carbocycles. The largest absolute Gasteiger partial charge is 0.465 e. The van der Waals surface area contributed by atoms with Crippen LogP contribution in [0, 0.1) is 0 Å². The molecule has 0 radical (unpaired) electrons. The van der Waals surface area contributed by atoms with Crippen LogP contribution in [0.5, 0.6) is 0 Å². The Morgan fingerprint density at radius 2 is 1.85 bits per heavy atom. The zero-order valence-corrected chi connectivity index (χ0v) is 14.8. The highest BCUT2D eigenvalue weighted by Gasteiger charge is 2.64. The van der Waals surface area contributed by atoms with Gasteiger partial charge in [0.15, 0.2) is 12.3 Å². The van der Waals surface area contributed by atoms with Gasteiger partial charge < -0.3 is 30.0 Å². The van der Waals surface area contributed by atoms with E-state index in [1.54, 1.807) is 0 Å². The lowest BCUT2D eigenvalue weighted by atomic mass is 9.87. The van der Waals surface area contributed by atoms with Crippen LogP contribution >= 0.6 is 0 Å². The van der Waals surface area contributed by atoms with E-state index in [1.165, 1.54) is 0 Å². The topological polar surface area (TPSA) is 143 Å². The first-order valence-corrected chi connectivity index (χ1v) is 7.99. The van der Waals surface area contributed by atoms with E-state index in [0.29, 0.717) is 0 Å². The van der Waals surface area contributed by atoms with E-state index >= 15 is 0 Å². The summed E-state index contributed by atoms with van der Waals surface area (Å²) in [5.41, 5.74) is 5.71. The van der Waals surface area contributed by atoms with Crippen LogP contribution in [-0.4, -0.2) is 73.3 Å². The molecule has 12 heteroatoms. The molecule has 0 spiro atoms. The highest BCUT2D eigenvalue weighted by molar-refractivity contribution is 5.80. The Morgan fingerprint density at radius 3 is 2.37 bits per heavy atom. The molecule has 0 aromatic carbocycles. The third-order valence-electron chi connectivity index (χ3n) is 4.26. The number of methoxy groups -OCH3 is 1. The van der Waals surface area contributed by atoms with Crippen molar-refractivity contribution in [2.45, 2.75) is 62.7 Å². The molecule has 2 aliphatic heterocycles. The van der Waals surface area contributed by atoms with Crippen molar-refractivity contribution < 1.29 is 46.9 Å². The number of hydrogen-bond acceptors (Lipinski definition) is 9. The van der Waals surface area contributed by atoms with Crippen molar-refractivity contribution in [3.8, 4) is 0 Å². The van der Waals surface area contributed by atoms with Crippen LogP contribution in [0.2, 0.25) is 0 Å². The maximum atomic E-state index is 15.0. The van der Waals surface area contributed by atoms with Gasteiger partial charge in [-0.15, -0.1) is 0 Å². The first-order chi connectivity index (χ1) is 12.5. The van der Waals surface area contributed by atoms with Crippen molar-refractivity contribution in [1.29, 1.82) is 0 Å². The molecular weight excluding hydrogens is 374 g/mol. The molecule has 10 nitrogen and oxygen atoms in total. The molecule has 3 N–H and O–H groups in total. The Labute approximate surface area is 152 Å². The molecule has 27 heavy (non-hydrogen) atoms. The van der Waals surface area contributed by atoms with Gasteiger partial charge in [0, 0.05) is 13.8 Å². The van der Waals surface area contributed by atoms with Gasteiger partial charge in [-0.3, -0.25) is 14.4 Å². The summed E-state index contributed by atoms with van der Waals surface area (Å²) in [6.07, 6.45) is -7.69. The lowest BCUT2D eigenvalue weighted by molar-refractivity contribution is -0.277. The summed E-state index contributed by atoms with van der Waals surface area (Å²) in [5.74, 6) is -7.70. The molecule has 2 fully saturated rings. The van der Waals surface area contributed by atoms with Crippen molar-refractivity contribution >= 4 is 23.8 Å². The molecular formula is C15H20F2N2O8. The lowest BCUT2D eigenvalue weighted by Crippen LogP contribution is -2.72. The van der Waals surface area contributed by atoms with E-state index in [0.717, 1.165) is 21.0 Å². The summed E-state index contributed by atoms with van der Waals surface area (Å²) in [5, 5.41) is 2.33. The van der Waals surface area contributed by atoms with Crippen LogP contribution in [-0.2, 0) is 38.1 Å². The van der Waals surface area contributed by atoms with Gasteiger partial charge in [-0.05, 0) is 0 Å². The molecule has 2 saturated heterocycles. The fraction of sp³-hybridized carbons (Fsp3) is 0.733. The number of amides is 1. The van der Waals surface area contributed by atoms with Gasteiger partial charge in [0.25, 0.3) is 0 Å². The fourth-order valence-electron chi connectivity index (χ4n) is 3.15. The van der Waals surface area contributed by atoms with E-state index in [-0.39, 0.29) is 0 Å². The molecule has 0 aliphatic carbocycles. The molecule has 2 heterocycles. The minimum Gasteiger partial charge on any atom is -0.465 e. The second-order valence-electron chi connectivity index (χ2n) is 6.22. The van der Waals surface area contributed by atoms with Crippen LogP contribution in [0.15, 0.2) is 0 Å². The van der Waals surface area contributed by atoms with Crippen LogP contribution < -0.4 is 11.1 Å². The minimum atomic E-state index is -3.61. The molecule has 4 unspecified atom stereocenters. The number of hydrogen-bond donors (Lipinski definition) is 2. The normalized spacial score (nSPS) is 38.7. The number of nitrogens with two attached hydrogens (primary N) is 1. The zero-order valence-electron chi connectivity index (χ0n) is 14.8. The molecule has 1 amide bonds. The predicted octanol–water partition coefficient (Wildman–Crippen LogP) is -1.36. The van der Waals surface area contributed by atoms with Crippen molar-refractivity contribution in [1.82, 2.24) is 5.32 Å². The van der Waals surface area contributed by atoms with E-state index in [2.05, 4.69) is 10.1 Å². The van der Waals surface area contributed by atoms with Crippen molar-refractivity contribution in [3.05, 3.63) is 0 Å². The van der Waals surface area contributed by atoms with E-state index in [4.69, 9.17) is 19.9 Å². The Kier molecular flexibility index (Phi) is 6.00. The van der Waals surface area contributed by atoms with Crippen molar-refractivity contribution in [3.63, 3.8) is 0 Å². The van der Waals surface area contributed by atoms with Gasteiger partial charge in [0.2, 0.25) is 5.91 Å². The Hall–Kier alpha value is -2.34. The standard InChI is InChI=1S/C15H20F2N2O8/c1-5(20)25-7-4-8(22)19-10-9(18)13(16)15(17,14(23)24-3)27-12(10)11(7)26-6(2)21/h7,9-13H,4,18H2,1-3H3,(H,19,22)/t7-,9?,10?,11-,12?,13?,15-/m1/s1. The highest BCUT2D eigenvalue weighted by atomic mass is 19.2. The third-order valence-corrected chi connectivity index (χ3v) is 4.26. The van der Waals surface area contributed by atoms with E-state index in [1.807, 2.05) is 0 Å². The molecule has 0 bridgehead atoms. The number of rotatable bonds is 3. The summed E-state index contributed by atoms with van der Waals surface area (Å²) in [7, 11) is 0.817. The predicted molar refractivity (Wildman–Crippen MR) is 81.3 cm³/mol. The van der Waals surface area contributed by atoms with Gasteiger partial charge in [0.1, 0.15) is 12.2 Å². The SMILES string of the molecule is COC(=O)[C@]1(F)OC2C(NC(=O)C[C@@H](OC(C)=O)[C@H]2OC(C)=O)C(N)C1F. The summed E-state index contributed by atoms with van der Waals surface area (Å²) < 4.78 is 48.8. The molecule has 0 aromatic rings. The van der Waals surface area contributed by atoms with Crippen LogP contribution in [0.1, 0.15) is 20.3 Å². The molecule has 7 atom stereocenters. The molecule has 0 aromatic heterocycles. The lowest BCUT2D eigenvalue weighted by Gasteiger charge is -2.45. The Balaban J connectivity index is 2.50. The van der Waals surface area contributed by atoms with Crippen molar-refractivity contribution in [2.75, 3.05) is 7.11 Å². The minimum absolute atomic E-state index is 0.477. The monoisotopic (exact) mass is 394 g/mol. The van der Waals surface area contributed by atoms with Crippen LogP contribution in [0.25, 0.3) is 0 Å². The Morgan fingerprint density at radius 1 is 1.26 bits per heavy atom. The first kappa shape index (κ1) is 21.0. The third kappa shape index (κ3) is 4.00.